The van der Waals surface area contributed by atoms with E-state index in [0.29, 0.717) is 11.6 Å². The number of carboxylic acids is 1. The van der Waals surface area contributed by atoms with Gasteiger partial charge in [0.1, 0.15) is 0 Å². The summed E-state index contributed by atoms with van der Waals surface area (Å²) in [7, 11) is 0. The van der Waals surface area contributed by atoms with Crippen molar-refractivity contribution < 1.29 is 9.90 Å². The average Bonchev–Trinajstić information content (AvgIpc) is 2.76. The van der Waals surface area contributed by atoms with Gasteiger partial charge < -0.3 is 10.0 Å². The molecule has 0 bridgehead atoms. The molecule has 1 aliphatic heterocycles. The summed E-state index contributed by atoms with van der Waals surface area (Å²) in [4.78, 5) is 13.5. The molecule has 0 aliphatic carbocycles. The van der Waals surface area contributed by atoms with Gasteiger partial charge >= 0.3 is 5.97 Å². The second kappa shape index (κ2) is 4.78. The molecule has 0 saturated carbocycles. The lowest BCUT2D eigenvalue weighted by Crippen LogP contribution is -2.30. The summed E-state index contributed by atoms with van der Waals surface area (Å²) in [6.07, 6.45) is 3.40. The third kappa shape index (κ3) is 2.28. The van der Waals surface area contributed by atoms with Gasteiger partial charge in [0.15, 0.2) is 0 Å². The minimum Gasteiger partial charge on any atom is -0.478 e. The summed E-state index contributed by atoms with van der Waals surface area (Å²) in [5, 5.41) is 9.25. The molecule has 1 aliphatic rings. The molecule has 0 spiro atoms. The lowest BCUT2D eigenvalue weighted by atomic mass is 10.1. The molecule has 0 radical (unpaired) electrons. The average molecular weight is 233 g/mol. The molecule has 92 valence electrons. The van der Waals surface area contributed by atoms with Gasteiger partial charge in [0.25, 0.3) is 0 Å². The first kappa shape index (κ1) is 12.0. The Morgan fingerprint density at radius 3 is 2.94 bits per heavy atom. The number of hydrogen-bond donors (Lipinski definition) is 1. The van der Waals surface area contributed by atoms with Gasteiger partial charge in [-0.05, 0) is 43.9 Å². The fourth-order valence-corrected chi connectivity index (χ4v) is 2.64. The first-order valence-electron chi connectivity index (χ1n) is 6.24. The first-order chi connectivity index (χ1) is 8.13. The van der Waals surface area contributed by atoms with Crippen LogP contribution in [0, 0.1) is 6.92 Å². The molecule has 17 heavy (non-hydrogen) atoms. The van der Waals surface area contributed by atoms with Crippen molar-refractivity contribution in [2.75, 3.05) is 11.4 Å². The van der Waals surface area contributed by atoms with Crippen LogP contribution >= 0.6 is 0 Å². The molecule has 1 heterocycles. The Labute approximate surface area is 102 Å². The molecule has 1 N–H and O–H groups in total. The van der Waals surface area contributed by atoms with E-state index in [4.69, 9.17) is 0 Å². The van der Waals surface area contributed by atoms with Crippen molar-refractivity contribution in [3.63, 3.8) is 0 Å². The second-order valence-electron chi connectivity index (χ2n) is 4.72. The zero-order valence-electron chi connectivity index (χ0n) is 10.4. The smallest absolute Gasteiger partial charge is 0.337 e. The summed E-state index contributed by atoms with van der Waals surface area (Å²) in [5.74, 6) is -0.832. The number of hydrogen-bond acceptors (Lipinski definition) is 2. The largest absolute Gasteiger partial charge is 0.478 e. The highest BCUT2D eigenvalue weighted by Gasteiger charge is 2.26. The lowest BCUT2D eigenvalue weighted by Gasteiger charge is -2.27. The number of carboxylic acid groups (broad SMARTS) is 1. The second-order valence-corrected chi connectivity index (χ2v) is 4.72. The topological polar surface area (TPSA) is 40.5 Å². The fraction of sp³-hybridized carbons (Fsp3) is 0.500. The predicted octanol–water partition coefficient (Wildman–Crippen LogP) is 3.07. The van der Waals surface area contributed by atoms with E-state index in [1.807, 2.05) is 19.1 Å². The van der Waals surface area contributed by atoms with Gasteiger partial charge in [0, 0.05) is 12.6 Å². The number of anilines is 1. The van der Waals surface area contributed by atoms with Gasteiger partial charge in [-0.2, -0.15) is 0 Å². The Kier molecular flexibility index (Phi) is 3.36. The highest BCUT2D eigenvalue weighted by Crippen LogP contribution is 2.30. The number of benzene rings is 1. The quantitative estimate of drug-likeness (QED) is 0.872. The zero-order valence-corrected chi connectivity index (χ0v) is 10.4. The van der Waals surface area contributed by atoms with E-state index in [0.717, 1.165) is 30.6 Å². The van der Waals surface area contributed by atoms with E-state index < -0.39 is 5.97 Å². The van der Waals surface area contributed by atoms with Crippen molar-refractivity contribution in [1.29, 1.82) is 0 Å². The Balaban J connectivity index is 2.42. The van der Waals surface area contributed by atoms with Crippen molar-refractivity contribution in [1.82, 2.24) is 0 Å². The monoisotopic (exact) mass is 233 g/mol. The van der Waals surface area contributed by atoms with E-state index in [9.17, 15) is 9.90 Å². The maximum Gasteiger partial charge on any atom is 0.337 e. The number of aromatic carboxylic acids is 1. The van der Waals surface area contributed by atoms with Crippen molar-refractivity contribution in [3.05, 3.63) is 29.3 Å². The van der Waals surface area contributed by atoms with Crippen LogP contribution in [0.5, 0.6) is 0 Å². The summed E-state index contributed by atoms with van der Waals surface area (Å²) < 4.78 is 0. The summed E-state index contributed by atoms with van der Waals surface area (Å²) >= 11 is 0. The van der Waals surface area contributed by atoms with E-state index in [-0.39, 0.29) is 0 Å². The molecule has 3 nitrogen and oxygen atoms in total. The molecule has 1 saturated heterocycles. The van der Waals surface area contributed by atoms with Gasteiger partial charge in [0.05, 0.1) is 11.3 Å². The normalized spacial score (nSPS) is 19.6. The van der Waals surface area contributed by atoms with Crippen LogP contribution in [0.25, 0.3) is 0 Å². The van der Waals surface area contributed by atoms with Crippen molar-refractivity contribution in [2.45, 2.75) is 39.2 Å². The molecule has 1 fully saturated rings. The van der Waals surface area contributed by atoms with Gasteiger partial charge in [-0.25, -0.2) is 4.79 Å². The van der Waals surface area contributed by atoms with Crippen molar-refractivity contribution >= 4 is 11.7 Å². The minimum atomic E-state index is -0.832. The van der Waals surface area contributed by atoms with Gasteiger partial charge in [-0.15, -0.1) is 0 Å². The molecular formula is C14H19NO2. The molecule has 2 rings (SSSR count). The number of aryl methyl sites for hydroxylation is 1. The Hall–Kier alpha value is -1.51. The fourth-order valence-electron chi connectivity index (χ4n) is 2.64. The molecule has 0 amide bonds. The number of nitrogens with zero attached hydrogens (tertiary/aromatic N) is 1. The van der Waals surface area contributed by atoms with Crippen molar-refractivity contribution in [2.24, 2.45) is 0 Å². The lowest BCUT2D eigenvalue weighted by molar-refractivity contribution is 0.0697. The van der Waals surface area contributed by atoms with E-state index in [1.54, 1.807) is 6.07 Å². The van der Waals surface area contributed by atoms with Crippen LogP contribution < -0.4 is 4.90 Å². The Bertz CT molecular complexity index is 428. The summed E-state index contributed by atoms with van der Waals surface area (Å²) in [5.41, 5.74) is 2.43. The molecule has 1 aromatic carbocycles. The summed E-state index contributed by atoms with van der Waals surface area (Å²) in [6, 6.07) is 6.08. The van der Waals surface area contributed by atoms with Crippen molar-refractivity contribution in [3.8, 4) is 0 Å². The molecule has 1 atom stereocenters. The molecule has 1 aromatic rings. The first-order valence-corrected chi connectivity index (χ1v) is 6.24. The van der Waals surface area contributed by atoms with Crippen LogP contribution in [0.1, 0.15) is 42.1 Å². The Morgan fingerprint density at radius 1 is 1.53 bits per heavy atom. The minimum absolute atomic E-state index is 0.427. The van der Waals surface area contributed by atoms with E-state index >= 15 is 0 Å². The van der Waals surface area contributed by atoms with E-state index in [1.165, 1.54) is 6.42 Å². The van der Waals surface area contributed by atoms with Crippen LogP contribution in [-0.4, -0.2) is 23.7 Å². The standard InChI is InChI=1S/C14H19NO2/c1-3-11-5-4-8-15(11)13-9-10(2)6-7-12(13)14(16)17/h6-7,9,11H,3-5,8H2,1-2H3,(H,16,17). The van der Waals surface area contributed by atoms with E-state index in [2.05, 4.69) is 11.8 Å². The van der Waals surface area contributed by atoms with Gasteiger partial charge in [-0.3, -0.25) is 0 Å². The molecule has 0 aromatic heterocycles. The third-order valence-electron chi connectivity index (χ3n) is 3.54. The van der Waals surface area contributed by atoms with Crippen LogP contribution in [-0.2, 0) is 0 Å². The zero-order chi connectivity index (χ0) is 12.4. The van der Waals surface area contributed by atoms with Gasteiger partial charge in [-0.1, -0.05) is 13.0 Å². The molecular weight excluding hydrogens is 214 g/mol. The highest BCUT2D eigenvalue weighted by molar-refractivity contribution is 5.94. The molecule has 1 unspecified atom stereocenters. The number of carbonyl (C=O) groups is 1. The molecule has 3 heteroatoms. The summed E-state index contributed by atoms with van der Waals surface area (Å²) in [6.45, 7) is 5.15. The predicted molar refractivity (Wildman–Crippen MR) is 68.8 cm³/mol. The third-order valence-corrected chi connectivity index (χ3v) is 3.54. The van der Waals surface area contributed by atoms with Crippen LogP contribution in [0.15, 0.2) is 18.2 Å². The maximum absolute atomic E-state index is 11.3. The maximum atomic E-state index is 11.3. The Morgan fingerprint density at radius 2 is 2.29 bits per heavy atom. The number of rotatable bonds is 3. The van der Waals surface area contributed by atoms with Crippen LogP contribution in [0.4, 0.5) is 5.69 Å². The van der Waals surface area contributed by atoms with Crippen LogP contribution in [0.2, 0.25) is 0 Å². The van der Waals surface area contributed by atoms with Gasteiger partial charge in [0.2, 0.25) is 0 Å². The highest BCUT2D eigenvalue weighted by atomic mass is 16.4. The van der Waals surface area contributed by atoms with Crippen LogP contribution in [0.3, 0.4) is 0 Å². The SMILES string of the molecule is CCC1CCCN1c1cc(C)ccc1C(=O)O.